The first-order chi connectivity index (χ1) is 13.2. The molecule has 0 atom stereocenters. The molecule has 27 heavy (non-hydrogen) atoms. The number of nitrogens with one attached hydrogen (secondary N) is 1. The van der Waals surface area contributed by atoms with Gasteiger partial charge in [0.2, 0.25) is 5.91 Å². The lowest BCUT2D eigenvalue weighted by Crippen LogP contribution is -2.23. The summed E-state index contributed by atoms with van der Waals surface area (Å²) in [5, 5.41) is 1.04. The van der Waals surface area contributed by atoms with Crippen molar-refractivity contribution in [2.75, 3.05) is 11.9 Å². The summed E-state index contributed by atoms with van der Waals surface area (Å²) >= 11 is 0. The number of carbonyl (C=O) groups is 1. The summed E-state index contributed by atoms with van der Waals surface area (Å²) in [6.45, 7) is 3.55. The molecule has 0 saturated heterocycles. The van der Waals surface area contributed by atoms with Gasteiger partial charge in [0.15, 0.2) is 0 Å². The molecule has 3 heterocycles. The number of anilines is 1. The Hall–Kier alpha value is -3.73. The van der Waals surface area contributed by atoms with Crippen molar-refractivity contribution in [3.63, 3.8) is 0 Å². The number of hydrogen-bond acceptors (Lipinski definition) is 3. The van der Waals surface area contributed by atoms with Crippen LogP contribution in [0.4, 0.5) is 5.69 Å². The maximum atomic E-state index is 11.9. The molecule has 1 aromatic carbocycles. The van der Waals surface area contributed by atoms with E-state index in [1.165, 1.54) is 6.08 Å². The summed E-state index contributed by atoms with van der Waals surface area (Å²) in [5.41, 5.74) is 5.78. The molecular weight excluding hydrogens is 336 g/mol. The van der Waals surface area contributed by atoms with E-state index in [0.717, 1.165) is 39.0 Å². The molecule has 0 aliphatic heterocycles. The van der Waals surface area contributed by atoms with Crippen molar-refractivity contribution < 1.29 is 4.79 Å². The number of amides is 1. The van der Waals surface area contributed by atoms with E-state index in [1.54, 1.807) is 24.3 Å². The molecule has 5 nitrogen and oxygen atoms in total. The number of benzene rings is 1. The zero-order valence-corrected chi connectivity index (χ0v) is 14.9. The number of nitrogens with zero attached hydrogens (tertiary/aromatic N) is 3. The Balaban J connectivity index is 1.79. The predicted octanol–water partition coefficient (Wildman–Crippen LogP) is 4.44. The van der Waals surface area contributed by atoms with Gasteiger partial charge >= 0.3 is 0 Å². The van der Waals surface area contributed by atoms with Gasteiger partial charge in [-0.2, -0.15) is 0 Å². The SMILES string of the molecule is C=CC(=O)N(C)c1cccc(-c2cnc3[nH]cc(-c4ccncc4)c3c2)c1. The van der Waals surface area contributed by atoms with Gasteiger partial charge in [-0.1, -0.05) is 18.7 Å². The molecule has 132 valence electrons. The molecule has 1 N–H and O–H groups in total. The first-order valence-corrected chi connectivity index (χ1v) is 8.55. The molecule has 5 heteroatoms. The number of aromatic amines is 1. The van der Waals surface area contributed by atoms with E-state index in [4.69, 9.17) is 0 Å². The molecule has 4 rings (SSSR count). The third kappa shape index (κ3) is 3.11. The van der Waals surface area contributed by atoms with Crippen molar-refractivity contribution in [1.29, 1.82) is 0 Å². The summed E-state index contributed by atoms with van der Waals surface area (Å²) in [7, 11) is 1.73. The van der Waals surface area contributed by atoms with Crippen LogP contribution < -0.4 is 4.90 Å². The molecule has 0 radical (unpaired) electrons. The van der Waals surface area contributed by atoms with Gasteiger partial charge in [0.25, 0.3) is 0 Å². The summed E-state index contributed by atoms with van der Waals surface area (Å²) in [4.78, 5) is 25.3. The Bertz CT molecular complexity index is 1130. The van der Waals surface area contributed by atoms with Crippen LogP contribution in [0.3, 0.4) is 0 Å². The second kappa shape index (κ2) is 6.88. The number of pyridine rings is 2. The second-order valence-corrected chi connectivity index (χ2v) is 6.21. The van der Waals surface area contributed by atoms with Crippen LogP contribution in [0.2, 0.25) is 0 Å². The molecular formula is C22H18N4O. The van der Waals surface area contributed by atoms with E-state index in [-0.39, 0.29) is 5.91 Å². The average molecular weight is 354 g/mol. The minimum atomic E-state index is -0.147. The topological polar surface area (TPSA) is 61.9 Å². The Morgan fingerprint density at radius 1 is 1.11 bits per heavy atom. The summed E-state index contributed by atoms with van der Waals surface area (Å²) in [6.07, 6.45) is 8.66. The van der Waals surface area contributed by atoms with Crippen LogP contribution in [0.5, 0.6) is 0 Å². The van der Waals surface area contributed by atoms with E-state index >= 15 is 0 Å². The highest BCUT2D eigenvalue weighted by Crippen LogP contribution is 2.31. The molecule has 0 aliphatic carbocycles. The van der Waals surface area contributed by atoms with Crippen LogP contribution in [0.1, 0.15) is 0 Å². The van der Waals surface area contributed by atoms with Crippen LogP contribution >= 0.6 is 0 Å². The molecule has 3 aromatic heterocycles. The van der Waals surface area contributed by atoms with Crippen LogP contribution in [-0.2, 0) is 4.79 Å². The highest BCUT2D eigenvalue weighted by atomic mass is 16.2. The molecule has 0 unspecified atom stereocenters. The van der Waals surface area contributed by atoms with Gasteiger partial charge in [-0.05, 0) is 47.5 Å². The average Bonchev–Trinajstić information content (AvgIpc) is 3.16. The number of H-pyrrole nitrogens is 1. The zero-order valence-electron chi connectivity index (χ0n) is 14.9. The fraction of sp³-hybridized carbons (Fsp3) is 0.0455. The molecule has 0 bridgehead atoms. The number of carbonyl (C=O) groups excluding carboxylic acids is 1. The van der Waals surface area contributed by atoms with E-state index in [1.807, 2.05) is 48.8 Å². The van der Waals surface area contributed by atoms with Crippen molar-refractivity contribution in [3.05, 3.63) is 79.9 Å². The van der Waals surface area contributed by atoms with Gasteiger partial charge in [-0.15, -0.1) is 0 Å². The quantitative estimate of drug-likeness (QED) is 0.551. The normalized spacial score (nSPS) is 10.7. The fourth-order valence-electron chi connectivity index (χ4n) is 3.09. The molecule has 0 spiro atoms. The summed E-state index contributed by atoms with van der Waals surface area (Å²) in [5.74, 6) is -0.147. The van der Waals surface area contributed by atoms with Crippen molar-refractivity contribution >= 4 is 22.6 Å². The number of rotatable bonds is 4. The van der Waals surface area contributed by atoms with E-state index in [2.05, 4.69) is 27.6 Å². The van der Waals surface area contributed by atoms with Crippen molar-refractivity contribution in [1.82, 2.24) is 15.0 Å². The largest absolute Gasteiger partial charge is 0.346 e. The molecule has 1 amide bonds. The maximum Gasteiger partial charge on any atom is 0.250 e. The van der Waals surface area contributed by atoms with Crippen LogP contribution in [0.25, 0.3) is 33.3 Å². The Morgan fingerprint density at radius 2 is 1.93 bits per heavy atom. The third-order valence-electron chi connectivity index (χ3n) is 4.59. The second-order valence-electron chi connectivity index (χ2n) is 6.21. The highest BCUT2D eigenvalue weighted by Gasteiger charge is 2.11. The van der Waals surface area contributed by atoms with Gasteiger partial charge < -0.3 is 9.88 Å². The van der Waals surface area contributed by atoms with Gasteiger partial charge in [0, 0.05) is 54.0 Å². The third-order valence-corrected chi connectivity index (χ3v) is 4.59. The van der Waals surface area contributed by atoms with Crippen molar-refractivity contribution in [3.8, 4) is 22.3 Å². The standard InChI is InChI=1S/C22H18N4O/c1-3-21(27)26(2)18-6-4-5-16(11-18)17-12-19-20(14-25-22(19)24-13-17)15-7-9-23-10-8-15/h3-14H,1H2,2H3,(H,24,25). The summed E-state index contributed by atoms with van der Waals surface area (Å²) < 4.78 is 0. The monoisotopic (exact) mass is 354 g/mol. The number of hydrogen-bond donors (Lipinski definition) is 1. The molecule has 0 saturated carbocycles. The Morgan fingerprint density at radius 3 is 2.70 bits per heavy atom. The lowest BCUT2D eigenvalue weighted by Gasteiger charge is -2.16. The predicted molar refractivity (Wildman–Crippen MR) is 108 cm³/mol. The van der Waals surface area contributed by atoms with Crippen molar-refractivity contribution in [2.24, 2.45) is 0 Å². The first kappa shape index (κ1) is 16.7. The van der Waals surface area contributed by atoms with Crippen LogP contribution in [-0.4, -0.2) is 27.9 Å². The number of likely N-dealkylation sites (N-methyl/N-ethyl adjacent to an activating group) is 1. The first-order valence-electron chi connectivity index (χ1n) is 8.55. The minimum Gasteiger partial charge on any atom is -0.346 e. The van der Waals surface area contributed by atoms with Crippen LogP contribution in [0.15, 0.2) is 79.9 Å². The summed E-state index contributed by atoms with van der Waals surface area (Å²) in [6, 6.07) is 13.9. The van der Waals surface area contributed by atoms with Gasteiger partial charge in [-0.3, -0.25) is 9.78 Å². The molecule has 4 aromatic rings. The molecule has 0 fully saturated rings. The van der Waals surface area contributed by atoms with E-state index in [0.29, 0.717) is 0 Å². The highest BCUT2D eigenvalue weighted by molar-refractivity contribution is 6.01. The smallest absolute Gasteiger partial charge is 0.250 e. The fourth-order valence-corrected chi connectivity index (χ4v) is 3.09. The number of fused-ring (bicyclic) bond motifs is 1. The molecule has 0 aliphatic rings. The lowest BCUT2D eigenvalue weighted by molar-refractivity contribution is -0.113. The minimum absolute atomic E-state index is 0.147. The van der Waals surface area contributed by atoms with E-state index in [9.17, 15) is 4.79 Å². The van der Waals surface area contributed by atoms with Gasteiger partial charge in [-0.25, -0.2) is 4.98 Å². The zero-order chi connectivity index (χ0) is 18.8. The van der Waals surface area contributed by atoms with Crippen molar-refractivity contribution in [2.45, 2.75) is 0 Å². The van der Waals surface area contributed by atoms with Gasteiger partial charge in [0.1, 0.15) is 5.65 Å². The van der Waals surface area contributed by atoms with E-state index < -0.39 is 0 Å². The van der Waals surface area contributed by atoms with Gasteiger partial charge in [0.05, 0.1) is 0 Å². The maximum absolute atomic E-state index is 11.9. The number of aromatic nitrogens is 3. The van der Waals surface area contributed by atoms with Crippen LogP contribution in [0, 0.1) is 0 Å². The Kier molecular flexibility index (Phi) is 4.26. The Labute approximate surface area is 157 Å². The lowest BCUT2D eigenvalue weighted by atomic mass is 10.0.